The van der Waals surface area contributed by atoms with Gasteiger partial charge in [0, 0.05) is 39.3 Å². The number of carbonyl (C=O) groups excluding carboxylic acids is 2. The molecule has 136 valence electrons. The number of methoxy groups -OCH3 is 1. The molecule has 2 amide bonds. The van der Waals surface area contributed by atoms with Crippen LogP contribution in [0.4, 0.5) is 5.69 Å². The zero-order valence-corrected chi connectivity index (χ0v) is 14.9. The van der Waals surface area contributed by atoms with Crippen molar-refractivity contribution in [3.63, 3.8) is 0 Å². The first kappa shape index (κ1) is 17.6. The smallest absolute Gasteiger partial charge is 0.312 e. The van der Waals surface area contributed by atoms with E-state index in [1.54, 1.807) is 16.9 Å². The van der Waals surface area contributed by atoms with Crippen LogP contribution >= 0.6 is 0 Å². The Morgan fingerprint density at radius 3 is 1.96 bits per heavy atom. The maximum Gasteiger partial charge on any atom is 0.312 e. The van der Waals surface area contributed by atoms with E-state index in [0.717, 1.165) is 37.1 Å². The number of ether oxygens (including phenoxy) is 1. The van der Waals surface area contributed by atoms with Gasteiger partial charge in [0.1, 0.15) is 5.75 Å². The fourth-order valence-electron chi connectivity index (χ4n) is 3.59. The van der Waals surface area contributed by atoms with Gasteiger partial charge in [0.2, 0.25) is 0 Å². The van der Waals surface area contributed by atoms with Crippen molar-refractivity contribution in [3.8, 4) is 5.75 Å². The summed E-state index contributed by atoms with van der Waals surface area (Å²) in [7, 11) is 1.67. The van der Waals surface area contributed by atoms with Crippen LogP contribution in [-0.4, -0.2) is 68.0 Å². The zero-order valence-electron chi connectivity index (χ0n) is 14.9. The molecule has 0 atom stereocenters. The van der Waals surface area contributed by atoms with Crippen molar-refractivity contribution in [1.29, 1.82) is 0 Å². The molecule has 6 nitrogen and oxygen atoms in total. The second kappa shape index (κ2) is 8.23. The molecule has 2 fully saturated rings. The van der Waals surface area contributed by atoms with Crippen LogP contribution in [0.1, 0.15) is 25.7 Å². The largest absolute Gasteiger partial charge is 0.495 e. The third-order valence-corrected chi connectivity index (χ3v) is 5.07. The van der Waals surface area contributed by atoms with Gasteiger partial charge in [-0.3, -0.25) is 9.59 Å². The first-order chi connectivity index (χ1) is 12.2. The van der Waals surface area contributed by atoms with Gasteiger partial charge in [0.25, 0.3) is 0 Å². The first-order valence-electron chi connectivity index (χ1n) is 9.17. The number of benzene rings is 1. The lowest BCUT2D eigenvalue weighted by atomic mass is 10.2. The zero-order chi connectivity index (χ0) is 17.6. The molecule has 0 aliphatic carbocycles. The van der Waals surface area contributed by atoms with Gasteiger partial charge < -0.3 is 19.4 Å². The lowest BCUT2D eigenvalue weighted by Gasteiger charge is -2.37. The number of rotatable bonds is 2. The van der Waals surface area contributed by atoms with Gasteiger partial charge >= 0.3 is 11.8 Å². The van der Waals surface area contributed by atoms with E-state index in [0.29, 0.717) is 39.3 Å². The van der Waals surface area contributed by atoms with Crippen LogP contribution in [0.3, 0.4) is 0 Å². The Bertz CT molecular complexity index is 604. The number of carbonyl (C=O) groups is 2. The molecule has 25 heavy (non-hydrogen) atoms. The molecule has 1 aromatic carbocycles. The van der Waals surface area contributed by atoms with Crippen molar-refractivity contribution < 1.29 is 14.3 Å². The number of para-hydroxylation sites is 2. The summed E-state index contributed by atoms with van der Waals surface area (Å²) in [6.07, 6.45) is 4.30. The van der Waals surface area contributed by atoms with Gasteiger partial charge in [-0.2, -0.15) is 0 Å². The third kappa shape index (κ3) is 4.06. The average molecular weight is 345 g/mol. The summed E-state index contributed by atoms with van der Waals surface area (Å²) in [5, 5.41) is 0. The van der Waals surface area contributed by atoms with Crippen molar-refractivity contribution in [2.45, 2.75) is 25.7 Å². The highest BCUT2D eigenvalue weighted by molar-refractivity contribution is 6.34. The van der Waals surface area contributed by atoms with Crippen LogP contribution < -0.4 is 9.64 Å². The Morgan fingerprint density at radius 1 is 0.800 bits per heavy atom. The molecule has 0 aromatic heterocycles. The molecule has 0 radical (unpaired) electrons. The van der Waals surface area contributed by atoms with Gasteiger partial charge in [0.05, 0.1) is 12.8 Å². The molecule has 0 N–H and O–H groups in total. The maximum atomic E-state index is 12.6. The molecule has 2 saturated heterocycles. The molecule has 2 aliphatic rings. The molecule has 3 rings (SSSR count). The molecule has 6 heteroatoms. The van der Waals surface area contributed by atoms with Gasteiger partial charge in [-0.1, -0.05) is 25.0 Å². The van der Waals surface area contributed by atoms with Gasteiger partial charge in [-0.15, -0.1) is 0 Å². The standard InChI is InChI=1S/C19H27N3O3/c1-25-17-9-5-4-8-16(17)20-12-14-22(15-13-20)19(24)18(23)21-10-6-2-3-7-11-21/h4-5,8-9H,2-3,6-7,10-15H2,1H3. The number of likely N-dealkylation sites (tertiary alicyclic amines) is 1. The number of anilines is 1. The molecular formula is C19H27N3O3. The second-order valence-corrected chi connectivity index (χ2v) is 6.66. The number of piperazine rings is 1. The number of nitrogens with zero attached hydrogens (tertiary/aromatic N) is 3. The van der Waals surface area contributed by atoms with Crippen molar-refractivity contribution >= 4 is 17.5 Å². The summed E-state index contributed by atoms with van der Waals surface area (Å²) in [6.45, 7) is 3.98. The van der Waals surface area contributed by atoms with Crippen molar-refractivity contribution in [2.75, 3.05) is 51.3 Å². The molecule has 0 unspecified atom stereocenters. The van der Waals surface area contributed by atoms with E-state index in [-0.39, 0.29) is 11.8 Å². The first-order valence-corrected chi connectivity index (χ1v) is 9.17. The molecule has 0 bridgehead atoms. The molecular weight excluding hydrogens is 318 g/mol. The fourth-order valence-corrected chi connectivity index (χ4v) is 3.59. The molecule has 2 heterocycles. The summed E-state index contributed by atoms with van der Waals surface area (Å²) < 4.78 is 5.42. The highest BCUT2D eigenvalue weighted by Gasteiger charge is 2.30. The van der Waals surface area contributed by atoms with Gasteiger partial charge in [-0.05, 0) is 25.0 Å². The van der Waals surface area contributed by atoms with E-state index in [2.05, 4.69) is 4.90 Å². The Kier molecular flexibility index (Phi) is 5.79. The van der Waals surface area contributed by atoms with E-state index in [1.807, 2.05) is 24.3 Å². The molecule has 2 aliphatic heterocycles. The normalized spacial score (nSPS) is 18.7. The second-order valence-electron chi connectivity index (χ2n) is 6.66. The van der Waals surface area contributed by atoms with Crippen LogP contribution in [0, 0.1) is 0 Å². The number of hydrogen-bond donors (Lipinski definition) is 0. The number of amides is 2. The predicted octanol–water partition coefficient (Wildman–Crippen LogP) is 1.75. The minimum Gasteiger partial charge on any atom is -0.495 e. The molecule has 0 saturated carbocycles. The van der Waals surface area contributed by atoms with E-state index in [9.17, 15) is 9.59 Å². The van der Waals surface area contributed by atoms with E-state index in [1.165, 1.54) is 0 Å². The van der Waals surface area contributed by atoms with Gasteiger partial charge in [0.15, 0.2) is 0 Å². The average Bonchev–Trinajstić information content (AvgIpc) is 2.96. The molecule has 0 spiro atoms. The monoisotopic (exact) mass is 345 g/mol. The van der Waals surface area contributed by atoms with Crippen LogP contribution in [0.25, 0.3) is 0 Å². The minimum atomic E-state index is -0.346. The van der Waals surface area contributed by atoms with Crippen molar-refractivity contribution in [2.24, 2.45) is 0 Å². The van der Waals surface area contributed by atoms with Gasteiger partial charge in [-0.25, -0.2) is 0 Å². The van der Waals surface area contributed by atoms with Crippen molar-refractivity contribution in [3.05, 3.63) is 24.3 Å². The van der Waals surface area contributed by atoms with Crippen LogP contribution in [0.5, 0.6) is 5.75 Å². The van der Waals surface area contributed by atoms with E-state index >= 15 is 0 Å². The SMILES string of the molecule is COc1ccccc1N1CCN(C(=O)C(=O)N2CCCCCC2)CC1. The quantitative estimate of drug-likeness (QED) is 0.767. The van der Waals surface area contributed by atoms with Crippen LogP contribution in [0.2, 0.25) is 0 Å². The summed E-state index contributed by atoms with van der Waals surface area (Å²) in [5.41, 5.74) is 1.04. The van der Waals surface area contributed by atoms with Crippen LogP contribution in [0.15, 0.2) is 24.3 Å². The summed E-state index contributed by atoms with van der Waals surface area (Å²) in [4.78, 5) is 30.7. The molecule has 1 aromatic rings. The third-order valence-electron chi connectivity index (χ3n) is 5.07. The lowest BCUT2D eigenvalue weighted by Crippen LogP contribution is -2.53. The van der Waals surface area contributed by atoms with Crippen LogP contribution in [-0.2, 0) is 9.59 Å². The predicted molar refractivity (Wildman–Crippen MR) is 96.8 cm³/mol. The van der Waals surface area contributed by atoms with Crippen molar-refractivity contribution in [1.82, 2.24) is 9.80 Å². The summed E-state index contributed by atoms with van der Waals surface area (Å²) in [5.74, 6) is 0.164. The van der Waals surface area contributed by atoms with E-state index in [4.69, 9.17) is 4.74 Å². The Hall–Kier alpha value is -2.24. The Morgan fingerprint density at radius 2 is 1.36 bits per heavy atom. The Labute approximate surface area is 149 Å². The minimum absolute atomic E-state index is 0.326. The van der Waals surface area contributed by atoms with E-state index < -0.39 is 0 Å². The summed E-state index contributed by atoms with van der Waals surface area (Å²) >= 11 is 0. The summed E-state index contributed by atoms with van der Waals surface area (Å²) in [6, 6.07) is 7.90. The Balaban J connectivity index is 1.58. The fraction of sp³-hybridized carbons (Fsp3) is 0.579. The lowest BCUT2D eigenvalue weighted by molar-refractivity contribution is -0.152. The highest BCUT2D eigenvalue weighted by atomic mass is 16.5. The highest BCUT2D eigenvalue weighted by Crippen LogP contribution is 2.28. The topological polar surface area (TPSA) is 53.1 Å². The number of hydrogen-bond acceptors (Lipinski definition) is 4. The maximum absolute atomic E-state index is 12.6.